The molecule has 8 nitrogen and oxygen atoms in total. The van der Waals surface area contributed by atoms with Gasteiger partial charge in [-0.3, -0.25) is 0 Å². The van der Waals surface area contributed by atoms with Crippen LogP contribution in [-0.4, -0.2) is 67.2 Å². The van der Waals surface area contributed by atoms with Crippen LogP contribution in [0.1, 0.15) is 180 Å². The minimum absolute atomic E-state index is 0.262. The van der Waals surface area contributed by atoms with E-state index >= 15 is 0 Å². The number of hydrogen-bond donors (Lipinski definition) is 4. The van der Waals surface area contributed by atoms with Crippen LogP contribution in [0.5, 0.6) is 0 Å². The maximum Gasteiger partial charge on any atom is 0.191 e. The lowest BCUT2D eigenvalue weighted by molar-refractivity contribution is -0.134. The summed E-state index contributed by atoms with van der Waals surface area (Å²) in [5.41, 5.74) is 0. The van der Waals surface area contributed by atoms with E-state index in [9.17, 15) is 0 Å². The predicted octanol–water partition coefficient (Wildman–Crippen LogP) is 8.00. The first kappa shape index (κ1) is 35.3. The van der Waals surface area contributed by atoms with Gasteiger partial charge in [-0.25, -0.2) is 9.98 Å². The Bertz CT molecular complexity index is 862. The molecule has 0 aromatic heterocycles. The first-order valence-electron chi connectivity index (χ1n) is 20.7. The molecule has 47 heavy (non-hydrogen) atoms. The lowest BCUT2D eigenvalue weighted by Crippen LogP contribution is -2.50. The van der Waals surface area contributed by atoms with Crippen LogP contribution >= 0.6 is 0 Å². The summed E-state index contributed by atoms with van der Waals surface area (Å²) < 4.78 is 12.9. The normalized spacial score (nSPS) is 31.7. The molecule has 4 unspecified atom stereocenters. The fourth-order valence-electron chi connectivity index (χ4n) is 9.37. The summed E-state index contributed by atoms with van der Waals surface area (Å²) in [5.74, 6) is 2.16. The maximum atomic E-state index is 6.44. The molecular formula is C39H70N6O2. The van der Waals surface area contributed by atoms with Gasteiger partial charge in [0.05, 0.1) is 24.3 Å². The largest absolute Gasteiger partial charge is 0.354 e. The van der Waals surface area contributed by atoms with E-state index in [0.717, 1.165) is 37.6 Å². The standard InChI is InChI=1S/C39H70N6O2/c1-5-15-30(16-6-1)40-38(41-31-17-7-2-8-18-31)44-34-23-13-25-36(27-34)46-29-47-37-26-14-24-35(28-37)45-39(42-32-19-9-3-10-20-32)43-33-21-11-4-12-22-33/h30-37H,1-29H2,(H2,40,41,44)(H2,42,43,45). The molecule has 4 atom stereocenters. The third-order valence-corrected chi connectivity index (χ3v) is 12.2. The van der Waals surface area contributed by atoms with E-state index in [1.54, 1.807) is 0 Å². The highest BCUT2D eigenvalue weighted by atomic mass is 16.7. The third-order valence-electron chi connectivity index (χ3n) is 12.2. The molecule has 0 bridgehead atoms. The zero-order valence-corrected chi connectivity index (χ0v) is 29.8. The highest BCUT2D eigenvalue weighted by Crippen LogP contribution is 2.27. The lowest BCUT2D eigenvalue weighted by atomic mass is 9.92. The van der Waals surface area contributed by atoms with E-state index in [1.807, 2.05) is 0 Å². The summed E-state index contributed by atoms with van der Waals surface area (Å²) in [5, 5.41) is 15.5. The van der Waals surface area contributed by atoms with E-state index in [4.69, 9.17) is 19.5 Å². The summed E-state index contributed by atoms with van der Waals surface area (Å²) in [6.07, 6.45) is 36.0. The van der Waals surface area contributed by atoms with Gasteiger partial charge in [-0.1, -0.05) is 77.0 Å². The van der Waals surface area contributed by atoms with Crippen molar-refractivity contribution in [3.05, 3.63) is 0 Å². The first-order valence-corrected chi connectivity index (χ1v) is 20.7. The van der Waals surface area contributed by atoms with Gasteiger partial charge in [-0.05, 0) is 103 Å². The number of aliphatic imine (C=N–C) groups is 2. The first-order chi connectivity index (χ1) is 23.2. The van der Waals surface area contributed by atoms with Crippen LogP contribution in [0.15, 0.2) is 9.98 Å². The molecule has 6 aliphatic carbocycles. The molecule has 0 aromatic carbocycles. The van der Waals surface area contributed by atoms with Crippen molar-refractivity contribution in [3.8, 4) is 0 Å². The molecule has 0 saturated heterocycles. The predicted molar refractivity (Wildman–Crippen MR) is 194 cm³/mol. The van der Waals surface area contributed by atoms with Gasteiger partial charge in [0.15, 0.2) is 11.9 Å². The Balaban J connectivity index is 0.951. The van der Waals surface area contributed by atoms with Gasteiger partial charge >= 0.3 is 0 Å². The average Bonchev–Trinajstić information content (AvgIpc) is 3.10. The minimum atomic E-state index is 0.262. The van der Waals surface area contributed by atoms with Crippen molar-refractivity contribution in [3.63, 3.8) is 0 Å². The number of rotatable bonds is 10. The zero-order chi connectivity index (χ0) is 31.9. The molecule has 0 radical (unpaired) electrons. The Morgan fingerprint density at radius 2 is 0.723 bits per heavy atom. The molecule has 6 saturated carbocycles. The Labute approximate surface area is 287 Å². The lowest BCUT2D eigenvalue weighted by Gasteiger charge is -2.34. The topological polar surface area (TPSA) is 91.3 Å². The number of nitrogens with one attached hydrogen (secondary N) is 4. The minimum Gasteiger partial charge on any atom is -0.354 e. The molecule has 8 heteroatoms. The Kier molecular flexibility index (Phi) is 14.7. The average molecular weight is 655 g/mol. The molecular weight excluding hydrogens is 584 g/mol. The van der Waals surface area contributed by atoms with Crippen molar-refractivity contribution >= 4 is 11.9 Å². The van der Waals surface area contributed by atoms with Gasteiger partial charge in [0, 0.05) is 24.2 Å². The van der Waals surface area contributed by atoms with E-state index in [-0.39, 0.29) is 12.2 Å². The fraction of sp³-hybridized carbons (Fsp3) is 0.949. The van der Waals surface area contributed by atoms with Crippen LogP contribution in [-0.2, 0) is 9.47 Å². The van der Waals surface area contributed by atoms with E-state index < -0.39 is 0 Å². The molecule has 6 rings (SSSR count). The summed E-state index contributed by atoms with van der Waals surface area (Å²) in [7, 11) is 0. The number of hydrogen-bond acceptors (Lipinski definition) is 4. The SMILES string of the molecule is C1CCC(N=C(NC2CCCCC2)NC2CCCC(OCOC3CCCC(NC(=NC4CCCCC4)NC4CCCCC4)C3)C2)CC1. The summed E-state index contributed by atoms with van der Waals surface area (Å²) in [6, 6.07) is 2.97. The van der Waals surface area contributed by atoms with Crippen molar-refractivity contribution in [2.75, 3.05) is 6.79 Å². The second kappa shape index (κ2) is 19.6. The van der Waals surface area contributed by atoms with Crippen LogP contribution < -0.4 is 21.3 Å². The molecule has 6 fully saturated rings. The van der Waals surface area contributed by atoms with Crippen LogP contribution in [0.3, 0.4) is 0 Å². The highest BCUT2D eigenvalue weighted by molar-refractivity contribution is 5.81. The van der Waals surface area contributed by atoms with Crippen LogP contribution in [0.4, 0.5) is 0 Å². The monoisotopic (exact) mass is 655 g/mol. The van der Waals surface area contributed by atoms with Crippen LogP contribution in [0.25, 0.3) is 0 Å². The molecule has 4 N–H and O–H groups in total. The number of guanidine groups is 2. The van der Waals surface area contributed by atoms with Crippen molar-refractivity contribution in [2.24, 2.45) is 9.98 Å². The van der Waals surface area contributed by atoms with Gasteiger partial charge < -0.3 is 30.7 Å². The highest BCUT2D eigenvalue weighted by Gasteiger charge is 2.28. The molecule has 0 heterocycles. The van der Waals surface area contributed by atoms with Crippen molar-refractivity contribution in [1.82, 2.24) is 21.3 Å². The van der Waals surface area contributed by atoms with Crippen LogP contribution in [0, 0.1) is 0 Å². The Morgan fingerprint density at radius 1 is 0.383 bits per heavy atom. The molecule has 6 aliphatic rings. The fourth-order valence-corrected chi connectivity index (χ4v) is 9.37. The smallest absolute Gasteiger partial charge is 0.191 e. The van der Waals surface area contributed by atoms with E-state index in [2.05, 4.69) is 21.3 Å². The van der Waals surface area contributed by atoms with Gasteiger partial charge in [-0.15, -0.1) is 0 Å². The second-order valence-electron chi connectivity index (χ2n) is 16.2. The van der Waals surface area contributed by atoms with Gasteiger partial charge in [0.25, 0.3) is 0 Å². The molecule has 0 amide bonds. The summed E-state index contributed by atoms with van der Waals surface area (Å²) in [4.78, 5) is 10.5. The van der Waals surface area contributed by atoms with Gasteiger partial charge in [-0.2, -0.15) is 0 Å². The number of ether oxygens (including phenoxy) is 2. The van der Waals surface area contributed by atoms with Gasteiger partial charge in [0.2, 0.25) is 0 Å². The van der Waals surface area contributed by atoms with Crippen molar-refractivity contribution < 1.29 is 9.47 Å². The molecule has 0 aromatic rings. The third kappa shape index (κ3) is 12.4. The van der Waals surface area contributed by atoms with E-state index in [0.29, 0.717) is 43.0 Å². The Hall–Kier alpha value is -1.54. The number of nitrogens with zero attached hydrogens (tertiary/aromatic N) is 2. The van der Waals surface area contributed by atoms with Crippen molar-refractivity contribution in [1.29, 1.82) is 0 Å². The van der Waals surface area contributed by atoms with Crippen molar-refractivity contribution in [2.45, 2.75) is 228 Å². The summed E-state index contributed by atoms with van der Waals surface area (Å²) in [6.45, 7) is 0.418. The van der Waals surface area contributed by atoms with Gasteiger partial charge in [0.1, 0.15) is 6.79 Å². The summed E-state index contributed by atoms with van der Waals surface area (Å²) >= 11 is 0. The Morgan fingerprint density at radius 3 is 1.13 bits per heavy atom. The van der Waals surface area contributed by atoms with E-state index in [1.165, 1.54) is 154 Å². The molecule has 0 spiro atoms. The quantitative estimate of drug-likeness (QED) is 0.108. The maximum absolute atomic E-state index is 6.44. The molecule has 268 valence electrons. The molecule has 0 aliphatic heterocycles. The van der Waals surface area contributed by atoms with Crippen LogP contribution in [0.2, 0.25) is 0 Å². The second-order valence-corrected chi connectivity index (χ2v) is 16.2. The zero-order valence-electron chi connectivity index (χ0n) is 29.8.